The van der Waals surface area contributed by atoms with Gasteiger partial charge in [-0.2, -0.15) is 0 Å². The first-order valence-corrected chi connectivity index (χ1v) is 5.84. The Morgan fingerprint density at radius 2 is 2.12 bits per heavy atom. The number of benzene rings is 1. The van der Waals surface area contributed by atoms with Gasteiger partial charge in [0.15, 0.2) is 0 Å². The highest BCUT2D eigenvalue weighted by molar-refractivity contribution is 5.76. The molecule has 0 spiro atoms. The summed E-state index contributed by atoms with van der Waals surface area (Å²) in [5, 5.41) is 0. The molecule has 0 amide bonds. The van der Waals surface area contributed by atoms with Gasteiger partial charge in [0.05, 0.1) is 11.0 Å². The number of aryl methyl sites for hydroxylation is 3. The maximum Gasteiger partial charge on any atom is 0.106 e. The molecular weight excluding hydrogens is 198 g/mol. The van der Waals surface area contributed by atoms with Crippen LogP contribution in [-0.4, -0.2) is 16.1 Å². The molecule has 0 fully saturated rings. The van der Waals surface area contributed by atoms with Crippen molar-refractivity contribution >= 4 is 11.0 Å². The zero-order valence-electron chi connectivity index (χ0n) is 10.0. The molecule has 86 valence electrons. The lowest BCUT2D eigenvalue weighted by atomic mass is 10.1. The van der Waals surface area contributed by atoms with Crippen LogP contribution in [0.3, 0.4) is 0 Å². The molecule has 0 radical (unpaired) electrons. The standard InChI is InChI=1S/C13H19N3/c1-10-15-12-7-6-11(5-3-4-8-14)9-13(12)16(10)2/h6-7,9H,3-5,8,14H2,1-2H3. The van der Waals surface area contributed by atoms with Gasteiger partial charge in [0.1, 0.15) is 5.82 Å². The number of imidazole rings is 1. The molecule has 2 rings (SSSR count). The predicted molar refractivity (Wildman–Crippen MR) is 67.4 cm³/mol. The van der Waals surface area contributed by atoms with E-state index in [4.69, 9.17) is 5.73 Å². The van der Waals surface area contributed by atoms with E-state index in [1.807, 2.05) is 6.92 Å². The highest BCUT2D eigenvalue weighted by Gasteiger charge is 2.04. The highest BCUT2D eigenvalue weighted by Crippen LogP contribution is 2.17. The molecule has 1 heterocycles. The van der Waals surface area contributed by atoms with Gasteiger partial charge in [-0.15, -0.1) is 0 Å². The van der Waals surface area contributed by atoms with Crippen molar-refractivity contribution in [1.82, 2.24) is 9.55 Å². The number of unbranched alkanes of at least 4 members (excludes halogenated alkanes) is 1. The van der Waals surface area contributed by atoms with Crippen molar-refractivity contribution in [3.63, 3.8) is 0 Å². The normalized spacial score (nSPS) is 11.2. The number of nitrogens with zero attached hydrogens (tertiary/aromatic N) is 2. The fourth-order valence-corrected chi connectivity index (χ4v) is 1.98. The van der Waals surface area contributed by atoms with Crippen LogP contribution in [0.1, 0.15) is 24.2 Å². The van der Waals surface area contributed by atoms with Gasteiger partial charge in [-0.1, -0.05) is 6.07 Å². The zero-order chi connectivity index (χ0) is 11.5. The third kappa shape index (κ3) is 2.09. The maximum absolute atomic E-state index is 5.50. The van der Waals surface area contributed by atoms with Gasteiger partial charge in [-0.05, 0) is 50.4 Å². The van der Waals surface area contributed by atoms with Crippen LogP contribution in [0, 0.1) is 6.92 Å². The molecule has 0 aliphatic rings. The summed E-state index contributed by atoms with van der Waals surface area (Å²) in [5.74, 6) is 1.06. The number of fused-ring (bicyclic) bond motifs is 1. The van der Waals surface area contributed by atoms with Crippen molar-refractivity contribution in [3.05, 3.63) is 29.6 Å². The average molecular weight is 217 g/mol. The molecular formula is C13H19N3. The van der Waals surface area contributed by atoms with Crippen molar-refractivity contribution < 1.29 is 0 Å². The van der Waals surface area contributed by atoms with Crippen LogP contribution in [0.4, 0.5) is 0 Å². The van der Waals surface area contributed by atoms with Gasteiger partial charge in [0.2, 0.25) is 0 Å². The minimum absolute atomic E-state index is 0.785. The quantitative estimate of drug-likeness (QED) is 0.798. The molecule has 3 heteroatoms. The average Bonchev–Trinajstić information content (AvgIpc) is 2.56. The molecule has 0 bridgehead atoms. The summed E-state index contributed by atoms with van der Waals surface area (Å²) in [6.45, 7) is 2.82. The van der Waals surface area contributed by atoms with Gasteiger partial charge >= 0.3 is 0 Å². The molecule has 0 saturated carbocycles. The minimum atomic E-state index is 0.785. The van der Waals surface area contributed by atoms with Crippen molar-refractivity contribution in [1.29, 1.82) is 0 Å². The summed E-state index contributed by atoms with van der Waals surface area (Å²) in [7, 11) is 2.06. The van der Waals surface area contributed by atoms with Crippen LogP contribution >= 0.6 is 0 Å². The van der Waals surface area contributed by atoms with E-state index < -0.39 is 0 Å². The summed E-state index contributed by atoms with van der Waals surface area (Å²) in [4.78, 5) is 4.49. The van der Waals surface area contributed by atoms with E-state index in [0.29, 0.717) is 0 Å². The summed E-state index contributed by atoms with van der Waals surface area (Å²) < 4.78 is 2.14. The Labute approximate surface area is 96.3 Å². The molecule has 2 N–H and O–H groups in total. The Morgan fingerprint density at radius 1 is 1.31 bits per heavy atom. The third-order valence-electron chi connectivity index (χ3n) is 3.09. The van der Waals surface area contributed by atoms with Crippen LogP contribution < -0.4 is 5.73 Å². The zero-order valence-corrected chi connectivity index (χ0v) is 10.0. The third-order valence-corrected chi connectivity index (χ3v) is 3.09. The molecule has 0 atom stereocenters. The van der Waals surface area contributed by atoms with Crippen molar-refractivity contribution in [2.24, 2.45) is 12.8 Å². The molecule has 0 saturated heterocycles. The Morgan fingerprint density at radius 3 is 2.88 bits per heavy atom. The summed E-state index contributed by atoms with van der Waals surface area (Å²) in [6.07, 6.45) is 3.37. The monoisotopic (exact) mass is 217 g/mol. The van der Waals surface area contributed by atoms with E-state index in [1.165, 1.54) is 17.5 Å². The number of nitrogens with two attached hydrogens (primary N) is 1. The first-order chi connectivity index (χ1) is 7.72. The Hall–Kier alpha value is -1.35. The van der Waals surface area contributed by atoms with Crippen LogP contribution in [-0.2, 0) is 13.5 Å². The fourth-order valence-electron chi connectivity index (χ4n) is 1.98. The van der Waals surface area contributed by atoms with E-state index in [2.05, 4.69) is 34.8 Å². The Balaban J connectivity index is 2.25. The molecule has 0 aliphatic carbocycles. The first-order valence-electron chi connectivity index (χ1n) is 5.84. The number of rotatable bonds is 4. The van der Waals surface area contributed by atoms with Crippen molar-refractivity contribution in [2.45, 2.75) is 26.2 Å². The van der Waals surface area contributed by atoms with Crippen LogP contribution in [0.2, 0.25) is 0 Å². The molecule has 16 heavy (non-hydrogen) atoms. The lowest BCUT2D eigenvalue weighted by Gasteiger charge is -2.02. The Bertz CT molecular complexity index is 485. The van der Waals surface area contributed by atoms with Gasteiger partial charge in [-0.25, -0.2) is 4.98 Å². The second kappa shape index (κ2) is 4.66. The van der Waals surface area contributed by atoms with Crippen molar-refractivity contribution in [3.8, 4) is 0 Å². The van der Waals surface area contributed by atoms with Gasteiger partial charge in [0.25, 0.3) is 0 Å². The lowest BCUT2D eigenvalue weighted by Crippen LogP contribution is -1.99. The second-order valence-corrected chi connectivity index (χ2v) is 4.29. The fraction of sp³-hybridized carbons (Fsp3) is 0.462. The van der Waals surface area contributed by atoms with E-state index in [0.717, 1.165) is 30.7 Å². The van der Waals surface area contributed by atoms with Crippen LogP contribution in [0.25, 0.3) is 11.0 Å². The van der Waals surface area contributed by atoms with Gasteiger partial charge in [-0.3, -0.25) is 0 Å². The minimum Gasteiger partial charge on any atom is -0.331 e. The van der Waals surface area contributed by atoms with Crippen LogP contribution in [0.5, 0.6) is 0 Å². The topological polar surface area (TPSA) is 43.8 Å². The van der Waals surface area contributed by atoms with Gasteiger partial charge in [0, 0.05) is 7.05 Å². The highest BCUT2D eigenvalue weighted by atomic mass is 15.0. The summed E-state index contributed by atoms with van der Waals surface area (Å²) in [5.41, 5.74) is 9.19. The predicted octanol–water partition coefficient (Wildman–Crippen LogP) is 2.16. The Kier molecular flexibility index (Phi) is 3.25. The maximum atomic E-state index is 5.50. The number of aromatic nitrogens is 2. The summed E-state index contributed by atoms with van der Waals surface area (Å²) in [6, 6.07) is 6.53. The van der Waals surface area contributed by atoms with E-state index >= 15 is 0 Å². The molecule has 1 aromatic carbocycles. The molecule has 1 aromatic heterocycles. The first kappa shape index (κ1) is 11.1. The SMILES string of the molecule is Cc1nc2ccc(CCCCN)cc2n1C. The van der Waals surface area contributed by atoms with Crippen molar-refractivity contribution in [2.75, 3.05) is 6.54 Å². The van der Waals surface area contributed by atoms with E-state index in [-0.39, 0.29) is 0 Å². The summed E-state index contributed by atoms with van der Waals surface area (Å²) >= 11 is 0. The smallest absolute Gasteiger partial charge is 0.106 e. The largest absolute Gasteiger partial charge is 0.331 e. The molecule has 0 aliphatic heterocycles. The molecule has 2 aromatic rings. The second-order valence-electron chi connectivity index (χ2n) is 4.29. The van der Waals surface area contributed by atoms with E-state index in [1.54, 1.807) is 0 Å². The van der Waals surface area contributed by atoms with Gasteiger partial charge < -0.3 is 10.3 Å². The lowest BCUT2D eigenvalue weighted by molar-refractivity contribution is 0.745. The number of hydrogen-bond acceptors (Lipinski definition) is 2. The van der Waals surface area contributed by atoms with Crippen LogP contribution in [0.15, 0.2) is 18.2 Å². The number of hydrogen-bond donors (Lipinski definition) is 1. The van der Waals surface area contributed by atoms with E-state index in [9.17, 15) is 0 Å². The molecule has 0 unspecified atom stereocenters. The molecule has 3 nitrogen and oxygen atoms in total.